The average Bonchev–Trinajstić information content (AvgIpc) is 3.14. The molecular weight excluding hydrogens is 533 g/mol. The fraction of sp³-hybridized carbons (Fsp3) is 0.474. The number of hydrogen-bond acceptors (Lipinski definition) is 5. The monoisotopic (exact) mass is 555 g/mol. The molecule has 5 nitrogen and oxygen atoms in total. The normalized spacial score (nSPS) is 25.2. The number of sulfonamides is 1. The maximum atomic E-state index is 14.8. The summed E-state index contributed by atoms with van der Waals surface area (Å²) in [7, 11) is -2.11. The molecule has 1 saturated heterocycles. The number of hydrogen-bond donors (Lipinski definition) is 0. The van der Waals surface area contributed by atoms with Crippen LogP contribution in [0.2, 0.25) is 0 Å². The Labute approximate surface area is 184 Å². The Morgan fingerprint density at radius 3 is 2.97 bits per heavy atom. The first-order valence-electron chi connectivity index (χ1n) is 9.30. The van der Waals surface area contributed by atoms with Crippen molar-refractivity contribution >= 4 is 21.8 Å². The number of piperidine rings is 1. The van der Waals surface area contributed by atoms with Crippen molar-refractivity contribution in [2.75, 3.05) is 32.5 Å². The molecule has 0 bridgehead atoms. The van der Waals surface area contributed by atoms with Crippen LogP contribution in [0, 0.1) is 11.7 Å². The first-order valence-corrected chi connectivity index (χ1v) is 14.2. The zero-order chi connectivity index (χ0) is 20.6. The van der Waals surface area contributed by atoms with Crippen LogP contribution in [0.5, 0.6) is 5.75 Å². The van der Waals surface area contributed by atoms with E-state index in [1.165, 1.54) is 6.07 Å². The molecule has 0 aromatic heterocycles. The van der Waals surface area contributed by atoms with Crippen molar-refractivity contribution in [2.24, 2.45) is 5.92 Å². The van der Waals surface area contributed by atoms with E-state index in [0.717, 1.165) is 15.4 Å². The van der Waals surface area contributed by atoms with E-state index in [1.54, 1.807) is 11.8 Å². The van der Waals surface area contributed by atoms with Crippen LogP contribution < -0.4 is 25.9 Å². The van der Waals surface area contributed by atoms with Gasteiger partial charge in [-0.3, -0.25) is 0 Å². The summed E-state index contributed by atoms with van der Waals surface area (Å²) in [6.07, 6.45) is 1.73. The van der Waals surface area contributed by atoms with E-state index in [0.29, 0.717) is 36.5 Å². The van der Waals surface area contributed by atoms with Gasteiger partial charge in [-0.15, -0.1) is 0 Å². The van der Waals surface area contributed by atoms with Crippen molar-refractivity contribution in [3.8, 4) is 5.75 Å². The van der Waals surface area contributed by atoms with Gasteiger partial charge in [-0.05, 0) is 0 Å². The Hall–Kier alpha value is -0.850. The van der Waals surface area contributed by atoms with E-state index >= 15 is 0 Å². The Kier molecular flexibility index (Phi) is 6.43. The fourth-order valence-corrected chi connectivity index (χ4v) is 8.68. The molecular formula is C19H22F2IN2O3S2-. The minimum absolute atomic E-state index is 0.0809. The first-order chi connectivity index (χ1) is 13.9. The second kappa shape index (κ2) is 8.72. The van der Waals surface area contributed by atoms with Gasteiger partial charge in [0.25, 0.3) is 0 Å². The Morgan fingerprint density at radius 2 is 2.21 bits per heavy atom. The first kappa shape index (κ1) is 21.4. The standard InChI is InChI=1S/C19H22F2IN2O3S2/c1-23-6-4-22-10-19(23)28-12-14-2-5-24(11-16(14)21)29(25,26)18-8-13-3-7-27-17(13)9-15(18)20/h4,6,8-10,14,16H,2-3,5,7,11-12H2,1H3/q-1/t14-,16+/m1/s1. The van der Waals surface area contributed by atoms with E-state index in [9.17, 15) is 17.2 Å². The van der Waals surface area contributed by atoms with E-state index in [2.05, 4.69) is 8.17 Å². The van der Waals surface area contributed by atoms with Crippen molar-refractivity contribution in [3.05, 3.63) is 42.9 Å². The molecule has 0 radical (unpaired) electrons. The second-order valence-electron chi connectivity index (χ2n) is 7.19. The summed E-state index contributed by atoms with van der Waals surface area (Å²) in [5, 5.41) is 1.13. The van der Waals surface area contributed by atoms with Crippen molar-refractivity contribution in [1.29, 1.82) is 0 Å². The van der Waals surface area contributed by atoms with Crippen molar-refractivity contribution in [3.63, 3.8) is 0 Å². The Bertz CT molecular complexity index is 955. The van der Waals surface area contributed by atoms with Crippen LogP contribution in [-0.2, 0) is 16.4 Å². The molecule has 0 amide bonds. The molecule has 29 heavy (non-hydrogen) atoms. The molecule has 3 aliphatic rings. The molecule has 2 atom stereocenters. The van der Waals surface area contributed by atoms with Gasteiger partial charge in [-0.2, -0.15) is 0 Å². The Balaban J connectivity index is 1.42. The van der Waals surface area contributed by atoms with Crippen LogP contribution >= 0.6 is 11.8 Å². The molecule has 3 heterocycles. The molecule has 0 unspecified atom stereocenters. The topological polar surface area (TPSA) is 49.9 Å². The van der Waals surface area contributed by atoms with E-state index in [4.69, 9.17) is 4.74 Å². The van der Waals surface area contributed by atoms with Gasteiger partial charge in [0.15, 0.2) is 0 Å². The third-order valence-electron chi connectivity index (χ3n) is 5.30. The number of alkyl halides is 1. The number of ether oxygens (including phenoxy) is 1. The van der Waals surface area contributed by atoms with Crippen LogP contribution in [0.15, 0.2) is 36.4 Å². The van der Waals surface area contributed by atoms with Gasteiger partial charge in [0.1, 0.15) is 5.75 Å². The van der Waals surface area contributed by atoms with Crippen molar-refractivity contribution in [1.82, 2.24) is 9.21 Å². The average molecular weight is 555 g/mol. The van der Waals surface area contributed by atoms with Crippen LogP contribution in [0.4, 0.5) is 8.78 Å². The maximum absolute atomic E-state index is 14.8. The predicted octanol–water partition coefficient (Wildman–Crippen LogP) is 0.147. The zero-order valence-electron chi connectivity index (χ0n) is 15.9. The summed E-state index contributed by atoms with van der Waals surface area (Å²) in [5.41, 5.74) is 0.676. The number of rotatable bonds is 5. The number of benzene rings is 1. The van der Waals surface area contributed by atoms with Gasteiger partial charge in [0, 0.05) is 6.42 Å². The molecule has 4 rings (SSSR count). The zero-order valence-corrected chi connectivity index (χ0v) is 19.6. The summed E-state index contributed by atoms with van der Waals surface area (Å²) in [4.78, 5) is 1.65. The summed E-state index contributed by atoms with van der Waals surface area (Å²) < 4.78 is 65.9. The van der Waals surface area contributed by atoms with Crippen molar-refractivity contribution in [2.45, 2.75) is 23.9 Å². The summed E-state index contributed by atoms with van der Waals surface area (Å²) in [5.74, 6) is -0.0711. The SMILES string of the molecule is CN1C=C[I-]C=C1SC[C@H]1CCN(S(=O)(=O)c2cc3c(cc2F)OCC3)C[C@@H]1F. The molecule has 1 fully saturated rings. The van der Waals surface area contributed by atoms with Gasteiger partial charge in [-0.1, -0.05) is 0 Å². The van der Waals surface area contributed by atoms with Crippen molar-refractivity contribution < 1.29 is 43.1 Å². The molecule has 160 valence electrons. The predicted molar refractivity (Wildman–Crippen MR) is 105 cm³/mol. The molecule has 0 aliphatic carbocycles. The molecule has 3 aliphatic heterocycles. The summed E-state index contributed by atoms with van der Waals surface area (Å²) in [6.45, 7) is 0.377. The van der Waals surface area contributed by atoms with Crippen LogP contribution in [0.1, 0.15) is 12.0 Å². The van der Waals surface area contributed by atoms with Crippen LogP contribution in [-0.4, -0.2) is 56.3 Å². The van der Waals surface area contributed by atoms with E-state index in [-0.39, 0.29) is 45.1 Å². The molecule has 1 aromatic rings. The van der Waals surface area contributed by atoms with Gasteiger partial charge in [0.05, 0.1) is 6.61 Å². The number of halogens is 3. The van der Waals surface area contributed by atoms with Crippen LogP contribution in [0.25, 0.3) is 0 Å². The Morgan fingerprint density at radius 1 is 1.38 bits per heavy atom. The molecule has 0 spiro atoms. The molecule has 0 N–H and O–H groups in total. The quantitative estimate of drug-likeness (QED) is 0.485. The second-order valence-corrected chi connectivity index (χ2v) is 12.2. The number of thioether (sulfide) groups is 1. The van der Waals surface area contributed by atoms with Gasteiger partial charge < -0.3 is 4.74 Å². The number of nitrogens with zero attached hydrogens (tertiary/aromatic N) is 2. The molecule has 0 saturated carbocycles. The minimum atomic E-state index is -4.08. The fourth-order valence-electron chi connectivity index (χ4n) is 3.53. The van der Waals surface area contributed by atoms with Gasteiger partial charge in [-0.25, -0.2) is 0 Å². The van der Waals surface area contributed by atoms with Crippen LogP contribution in [0.3, 0.4) is 0 Å². The van der Waals surface area contributed by atoms with E-state index < -0.39 is 22.0 Å². The molecule has 1 aromatic carbocycles. The van der Waals surface area contributed by atoms with Gasteiger partial charge in [0.2, 0.25) is 0 Å². The van der Waals surface area contributed by atoms with Gasteiger partial charge >= 0.3 is 162 Å². The third-order valence-corrected chi connectivity index (χ3v) is 10.6. The third kappa shape index (κ3) is 4.45. The summed E-state index contributed by atoms with van der Waals surface area (Å²) >= 11 is 1.54. The number of fused-ring (bicyclic) bond motifs is 1. The van der Waals surface area contributed by atoms with E-state index in [1.807, 2.05) is 18.1 Å². The molecule has 10 heteroatoms. The summed E-state index contributed by atoms with van der Waals surface area (Å²) in [6, 6.07) is 2.46.